The highest BCUT2D eigenvalue weighted by Crippen LogP contribution is 2.30. The lowest BCUT2D eigenvalue weighted by molar-refractivity contribution is -0.133. The van der Waals surface area contributed by atoms with Crippen molar-refractivity contribution in [3.63, 3.8) is 0 Å². The van der Waals surface area contributed by atoms with Crippen LogP contribution in [0.25, 0.3) is 5.69 Å². The van der Waals surface area contributed by atoms with Gasteiger partial charge in [0.15, 0.2) is 0 Å². The van der Waals surface area contributed by atoms with E-state index in [0.29, 0.717) is 33.5 Å². The van der Waals surface area contributed by atoms with E-state index >= 15 is 0 Å². The molecule has 0 saturated carbocycles. The summed E-state index contributed by atoms with van der Waals surface area (Å²) >= 11 is 6.08. The zero-order valence-electron chi connectivity index (χ0n) is 18.3. The number of anilines is 1. The maximum absolute atomic E-state index is 13.1. The smallest absolute Gasteiger partial charge is 0.325 e. The average molecular weight is 468 g/mol. The SMILES string of the molecule is COc1ccc(C2(C)NC(=O)N(CC(=O)Nc3cc(C)nn3-c3cccc(Cl)c3)C2=O)cc1. The number of nitrogens with zero attached hydrogens (tertiary/aromatic N) is 3. The molecule has 9 nitrogen and oxygen atoms in total. The van der Waals surface area contributed by atoms with E-state index in [2.05, 4.69) is 15.7 Å². The van der Waals surface area contributed by atoms with E-state index in [-0.39, 0.29) is 0 Å². The first-order valence-corrected chi connectivity index (χ1v) is 10.5. The zero-order valence-corrected chi connectivity index (χ0v) is 19.0. The van der Waals surface area contributed by atoms with E-state index < -0.39 is 29.9 Å². The van der Waals surface area contributed by atoms with Gasteiger partial charge in [0.1, 0.15) is 23.7 Å². The second-order valence-electron chi connectivity index (χ2n) is 7.79. The summed E-state index contributed by atoms with van der Waals surface area (Å²) in [5, 5.41) is 10.3. The molecule has 1 atom stereocenters. The largest absolute Gasteiger partial charge is 0.497 e. The number of nitrogens with one attached hydrogen (secondary N) is 2. The number of hydrogen-bond acceptors (Lipinski definition) is 5. The van der Waals surface area contributed by atoms with Crippen molar-refractivity contribution in [1.29, 1.82) is 0 Å². The third-order valence-electron chi connectivity index (χ3n) is 5.40. The number of halogens is 1. The topological polar surface area (TPSA) is 106 Å². The molecule has 2 N–H and O–H groups in total. The Hall–Kier alpha value is -3.85. The van der Waals surface area contributed by atoms with Crippen LogP contribution in [0, 0.1) is 6.92 Å². The molecule has 0 bridgehead atoms. The number of methoxy groups -OCH3 is 1. The number of benzene rings is 2. The van der Waals surface area contributed by atoms with E-state index in [4.69, 9.17) is 16.3 Å². The van der Waals surface area contributed by atoms with Crippen LogP contribution < -0.4 is 15.4 Å². The number of carbonyl (C=O) groups is 3. The number of aryl methyl sites for hydroxylation is 1. The zero-order chi connectivity index (χ0) is 23.8. The quantitative estimate of drug-likeness (QED) is 0.541. The van der Waals surface area contributed by atoms with E-state index in [1.165, 1.54) is 4.68 Å². The van der Waals surface area contributed by atoms with Crippen LogP contribution in [0.5, 0.6) is 5.75 Å². The van der Waals surface area contributed by atoms with Crippen molar-refractivity contribution in [2.24, 2.45) is 0 Å². The van der Waals surface area contributed by atoms with Crippen molar-refractivity contribution in [2.45, 2.75) is 19.4 Å². The summed E-state index contributed by atoms with van der Waals surface area (Å²) in [6.45, 7) is 2.94. The van der Waals surface area contributed by atoms with Gasteiger partial charge in [-0.05, 0) is 49.7 Å². The maximum atomic E-state index is 13.1. The molecule has 0 aliphatic carbocycles. The monoisotopic (exact) mass is 467 g/mol. The molecule has 1 aliphatic heterocycles. The third kappa shape index (κ3) is 4.27. The van der Waals surface area contributed by atoms with Gasteiger partial charge in [-0.25, -0.2) is 9.48 Å². The first kappa shape index (κ1) is 22.3. The standard InChI is InChI=1S/C23H22ClN5O4/c1-14-11-19(29(27-14)17-6-4-5-16(24)12-17)25-20(30)13-28-21(31)23(2,26-22(28)32)15-7-9-18(33-3)10-8-15/h4-12H,13H2,1-3H3,(H,25,30)(H,26,32). The Kier molecular flexibility index (Phi) is 5.82. The van der Waals surface area contributed by atoms with Crippen LogP contribution in [-0.4, -0.2) is 46.2 Å². The Morgan fingerprint density at radius 2 is 1.91 bits per heavy atom. The molecule has 33 heavy (non-hydrogen) atoms. The number of hydrogen-bond donors (Lipinski definition) is 2. The molecule has 1 saturated heterocycles. The average Bonchev–Trinajstić information content (AvgIpc) is 3.26. The fourth-order valence-electron chi connectivity index (χ4n) is 3.68. The highest BCUT2D eigenvalue weighted by atomic mass is 35.5. The molecule has 4 amide bonds. The second-order valence-corrected chi connectivity index (χ2v) is 8.22. The molecule has 2 heterocycles. The molecular weight excluding hydrogens is 446 g/mol. The van der Waals surface area contributed by atoms with Crippen LogP contribution in [-0.2, 0) is 15.1 Å². The van der Waals surface area contributed by atoms with E-state index in [1.54, 1.807) is 75.6 Å². The van der Waals surface area contributed by atoms with Crippen molar-refractivity contribution in [3.05, 3.63) is 70.9 Å². The van der Waals surface area contributed by atoms with Crippen LogP contribution in [0.3, 0.4) is 0 Å². The predicted octanol–water partition coefficient (Wildman–Crippen LogP) is 3.25. The molecule has 1 unspecified atom stereocenters. The van der Waals surface area contributed by atoms with Gasteiger partial charge in [-0.3, -0.25) is 14.5 Å². The van der Waals surface area contributed by atoms with Gasteiger partial charge in [-0.1, -0.05) is 29.8 Å². The number of rotatable bonds is 6. The van der Waals surface area contributed by atoms with Crippen LogP contribution in [0.2, 0.25) is 5.02 Å². The van der Waals surface area contributed by atoms with E-state index in [1.807, 2.05) is 0 Å². The Balaban J connectivity index is 1.51. The summed E-state index contributed by atoms with van der Waals surface area (Å²) in [6, 6.07) is 14.9. The number of amides is 4. The summed E-state index contributed by atoms with van der Waals surface area (Å²) in [6.07, 6.45) is 0. The van der Waals surface area contributed by atoms with E-state index in [0.717, 1.165) is 4.90 Å². The first-order valence-electron chi connectivity index (χ1n) is 10.1. The lowest BCUT2D eigenvalue weighted by atomic mass is 9.92. The molecule has 2 aromatic carbocycles. The highest BCUT2D eigenvalue weighted by Gasteiger charge is 2.49. The second kappa shape index (κ2) is 8.59. The number of aromatic nitrogens is 2. The van der Waals surface area contributed by atoms with Crippen LogP contribution >= 0.6 is 11.6 Å². The van der Waals surface area contributed by atoms with Gasteiger partial charge >= 0.3 is 6.03 Å². The molecule has 0 radical (unpaired) electrons. The van der Waals surface area contributed by atoms with Crippen molar-refractivity contribution in [1.82, 2.24) is 20.0 Å². The van der Waals surface area contributed by atoms with Gasteiger partial charge in [0.05, 0.1) is 18.5 Å². The Morgan fingerprint density at radius 1 is 1.18 bits per heavy atom. The van der Waals surface area contributed by atoms with Crippen LogP contribution in [0.1, 0.15) is 18.2 Å². The normalized spacial score (nSPS) is 17.8. The Bertz CT molecular complexity index is 1240. The summed E-state index contributed by atoms with van der Waals surface area (Å²) in [5.74, 6) is -0.0419. The van der Waals surface area contributed by atoms with Gasteiger partial charge in [-0.15, -0.1) is 0 Å². The first-order chi connectivity index (χ1) is 15.7. The molecule has 1 aliphatic rings. The molecule has 1 aromatic heterocycles. The molecule has 0 spiro atoms. The highest BCUT2D eigenvalue weighted by molar-refractivity contribution is 6.30. The van der Waals surface area contributed by atoms with Crippen molar-refractivity contribution in [2.75, 3.05) is 19.0 Å². The predicted molar refractivity (Wildman–Crippen MR) is 123 cm³/mol. The number of urea groups is 1. The Labute approximate surface area is 195 Å². The van der Waals surface area contributed by atoms with Gasteiger partial charge in [0.2, 0.25) is 5.91 Å². The Morgan fingerprint density at radius 3 is 2.58 bits per heavy atom. The molecule has 1 fully saturated rings. The van der Waals surface area contributed by atoms with Crippen LogP contribution in [0.4, 0.5) is 10.6 Å². The summed E-state index contributed by atoms with van der Waals surface area (Å²) < 4.78 is 6.68. The minimum absolute atomic E-state index is 0.393. The van der Waals surface area contributed by atoms with E-state index in [9.17, 15) is 14.4 Å². The molecule has 170 valence electrons. The molecule has 10 heteroatoms. The minimum atomic E-state index is -1.29. The van der Waals surface area contributed by atoms with Gasteiger partial charge in [-0.2, -0.15) is 5.10 Å². The van der Waals surface area contributed by atoms with Crippen molar-refractivity contribution >= 4 is 35.3 Å². The number of carbonyl (C=O) groups excluding carboxylic acids is 3. The third-order valence-corrected chi connectivity index (χ3v) is 5.63. The van der Waals surface area contributed by atoms with Crippen LogP contribution in [0.15, 0.2) is 54.6 Å². The maximum Gasteiger partial charge on any atom is 0.325 e. The summed E-state index contributed by atoms with van der Waals surface area (Å²) in [7, 11) is 1.54. The number of imide groups is 1. The fraction of sp³-hybridized carbons (Fsp3) is 0.217. The van der Waals surface area contributed by atoms with Gasteiger partial charge < -0.3 is 15.4 Å². The van der Waals surface area contributed by atoms with Gasteiger partial charge in [0.25, 0.3) is 5.91 Å². The fourth-order valence-corrected chi connectivity index (χ4v) is 3.86. The van der Waals surface area contributed by atoms with Gasteiger partial charge in [0, 0.05) is 11.1 Å². The summed E-state index contributed by atoms with van der Waals surface area (Å²) in [5.41, 5.74) is 0.627. The lowest BCUT2D eigenvalue weighted by Gasteiger charge is -2.22. The van der Waals surface area contributed by atoms with Crippen molar-refractivity contribution in [3.8, 4) is 11.4 Å². The molecule has 3 aromatic rings. The lowest BCUT2D eigenvalue weighted by Crippen LogP contribution is -2.42. The number of ether oxygens (including phenoxy) is 1. The molecule has 4 rings (SSSR count). The molecular formula is C23H22ClN5O4. The minimum Gasteiger partial charge on any atom is -0.497 e. The summed E-state index contributed by atoms with van der Waals surface area (Å²) in [4.78, 5) is 39.4. The van der Waals surface area contributed by atoms with Crippen molar-refractivity contribution < 1.29 is 19.1 Å².